The summed E-state index contributed by atoms with van der Waals surface area (Å²) >= 11 is 0. The summed E-state index contributed by atoms with van der Waals surface area (Å²) in [5.41, 5.74) is 2.89. The Morgan fingerprint density at radius 3 is 2.64 bits per heavy atom. The molecule has 3 aromatic rings. The number of methoxy groups -OCH3 is 1. The minimum absolute atomic E-state index is 0.271. The lowest BCUT2D eigenvalue weighted by atomic mass is 10.2. The van der Waals surface area contributed by atoms with Crippen molar-refractivity contribution >= 4 is 23.2 Å². The molecule has 0 atom stereocenters. The summed E-state index contributed by atoms with van der Waals surface area (Å²) in [5.74, 6) is 0.717. The summed E-state index contributed by atoms with van der Waals surface area (Å²) < 4.78 is 5.15. The number of carbonyl (C=O) groups is 1. The molecule has 1 amide bonds. The molecule has 0 saturated carbocycles. The average molecular weight is 334 g/mol. The monoisotopic (exact) mass is 334 g/mol. The van der Waals surface area contributed by atoms with Crippen molar-refractivity contribution in [3.63, 3.8) is 0 Å². The molecule has 0 saturated heterocycles. The molecular formula is C19H18N4O2. The zero-order chi connectivity index (χ0) is 17.6. The number of amides is 1. The van der Waals surface area contributed by atoms with Gasteiger partial charge in [-0.15, -0.1) is 0 Å². The number of rotatable bonds is 5. The van der Waals surface area contributed by atoms with Crippen LogP contribution >= 0.6 is 0 Å². The SMILES string of the molecule is COc1cccc(NC(=O)c2ccnc(Nc3cccc(C)c3)n2)c1. The van der Waals surface area contributed by atoms with Gasteiger partial charge in [0.25, 0.3) is 5.91 Å². The standard InChI is InChI=1S/C19H18N4O2/c1-13-5-3-6-14(11-13)22-19-20-10-9-17(23-19)18(24)21-15-7-4-8-16(12-15)25-2/h3-12H,1-2H3,(H,21,24)(H,20,22,23). The predicted octanol–water partition coefficient (Wildman–Crippen LogP) is 3.79. The number of benzene rings is 2. The predicted molar refractivity (Wildman–Crippen MR) is 97.4 cm³/mol. The maximum Gasteiger partial charge on any atom is 0.274 e. The van der Waals surface area contributed by atoms with Crippen LogP contribution in [0.15, 0.2) is 60.8 Å². The lowest BCUT2D eigenvalue weighted by Gasteiger charge is -2.08. The van der Waals surface area contributed by atoms with Crippen molar-refractivity contribution in [2.75, 3.05) is 17.7 Å². The molecule has 126 valence electrons. The van der Waals surface area contributed by atoms with Gasteiger partial charge in [-0.05, 0) is 42.8 Å². The van der Waals surface area contributed by atoms with E-state index in [-0.39, 0.29) is 11.6 Å². The number of hydrogen-bond acceptors (Lipinski definition) is 5. The van der Waals surface area contributed by atoms with Gasteiger partial charge in [-0.3, -0.25) is 4.79 Å². The van der Waals surface area contributed by atoms with Gasteiger partial charge in [0.05, 0.1) is 7.11 Å². The number of nitrogens with zero attached hydrogens (tertiary/aromatic N) is 2. The van der Waals surface area contributed by atoms with Crippen molar-refractivity contribution in [3.05, 3.63) is 72.1 Å². The molecule has 25 heavy (non-hydrogen) atoms. The third kappa shape index (κ3) is 4.32. The van der Waals surface area contributed by atoms with Crippen LogP contribution in [0.5, 0.6) is 5.75 Å². The van der Waals surface area contributed by atoms with E-state index in [1.54, 1.807) is 37.6 Å². The molecule has 0 radical (unpaired) electrons. The third-order valence-corrected chi connectivity index (χ3v) is 3.49. The van der Waals surface area contributed by atoms with E-state index in [9.17, 15) is 4.79 Å². The van der Waals surface area contributed by atoms with Crippen LogP contribution in [-0.4, -0.2) is 23.0 Å². The summed E-state index contributed by atoms with van der Waals surface area (Å²) in [6.45, 7) is 2.00. The molecule has 0 bridgehead atoms. The molecule has 0 spiro atoms. The van der Waals surface area contributed by atoms with Crippen LogP contribution in [0.1, 0.15) is 16.1 Å². The fraction of sp³-hybridized carbons (Fsp3) is 0.105. The van der Waals surface area contributed by atoms with E-state index < -0.39 is 0 Å². The third-order valence-electron chi connectivity index (χ3n) is 3.49. The second kappa shape index (κ2) is 7.44. The van der Waals surface area contributed by atoms with Gasteiger partial charge >= 0.3 is 0 Å². The lowest BCUT2D eigenvalue weighted by Crippen LogP contribution is -2.14. The molecular weight excluding hydrogens is 316 g/mol. The van der Waals surface area contributed by atoms with E-state index in [0.717, 1.165) is 11.3 Å². The normalized spacial score (nSPS) is 10.2. The van der Waals surface area contributed by atoms with E-state index in [2.05, 4.69) is 20.6 Å². The van der Waals surface area contributed by atoms with Gasteiger partial charge in [0.15, 0.2) is 0 Å². The van der Waals surface area contributed by atoms with Crippen molar-refractivity contribution in [1.82, 2.24) is 9.97 Å². The number of nitrogens with one attached hydrogen (secondary N) is 2. The number of aryl methyl sites for hydroxylation is 1. The number of carbonyl (C=O) groups excluding carboxylic acids is 1. The van der Waals surface area contributed by atoms with Gasteiger partial charge in [-0.2, -0.15) is 0 Å². The Morgan fingerprint density at radius 1 is 1.04 bits per heavy atom. The summed E-state index contributed by atoms with van der Waals surface area (Å²) in [6, 6.07) is 16.5. The second-order valence-electron chi connectivity index (χ2n) is 5.45. The molecule has 0 aliphatic heterocycles. The van der Waals surface area contributed by atoms with E-state index in [4.69, 9.17) is 4.74 Å². The summed E-state index contributed by atoms with van der Waals surface area (Å²) in [5, 5.41) is 5.90. The van der Waals surface area contributed by atoms with Crippen LogP contribution in [0, 0.1) is 6.92 Å². The lowest BCUT2D eigenvalue weighted by molar-refractivity contribution is 0.102. The molecule has 0 fully saturated rings. The van der Waals surface area contributed by atoms with Gasteiger partial charge < -0.3 is 15.4 Å². The first-order valence-electron chi connectivity index (χ1n) is 7.76. The van der Waals surface area contributed by atoms with Crippen LogP contribution < -0.4 is 15.4 Å². The average Bonchev–Trinajstić information content (AvgIpc) is 2.62. The minimum atomic E-state index is -0.317. The van der Waals surface area contributed by atoms with Crippen molar-refractivity contribution in [2.24, 2.45) is 0 Å². The highest BCUT2D eigenvalue weighted by atomic mass is 16.5. The van der Waals surface area contributed by atoms with Crippen molar-refractivity contribution in [1.29, 1.82) is 0 Å². The zero-order valence-corrected chi connectivity index (χ0v) is 14.0. The van der Waals surface area contributed by atoms with Gasteiger partial charge in [0.2, 0.25) is 5.95 Å². The smallest absolute Gasteiger partial charge is 0.274 e. The summed E-state index contributed by atoms with van der Waals surface area (Å²) in [4.78, 5) is 20.8. The highest BCUT2D eigenvalue weighted by Crippen LogP contribution is 2.18. The van der Waals surface area contributed by atoms with Crippen molar-refractivity contribution in [2.45, 2.75) is 6.92 Å². The van der Waals surface area contributed by atoms with E-state index in [1.165, 1.54) is 0 Å². The number of ether oxygens (including phenoxy) is 1. The maximum absolute atomic E-state index is 12.4. The van der Waals surface area contributed by atoms with Crippen LogP contribution in [0.4, 0.5) is 17.3 Å². The molecule has 6 nitrogen and oxygen atoms in total. The topological polar surface area (TPSA) is 76.1 Å². The molecule has 1 heterocycles. The Hall–Kier alpha value is -3.41. The van der Waals surface area contributed by atoms with Crippen LogP contribution in [0.3, 0.4) is 0 Å². The first kappa shape index (κ1) is 16.4. The quantitative estimate of drug-likeness (QED) is 0.742. The molecule has 1 aromatic heterocycles. The molecule has 0 aliphatic rings. The molecule has 3 rings (SSSR count). The van der Waals surface area contributed by atoms with Crippen LogP contribution in [0.25, 0.3) is 0 Å². The Bertz CT molecular complexity index is 896. The highest BCUT2D eigenvalue weighted by molar-refractivity contribution is 6.03. The van der Waals surface area contributed by atoms with Gasteiger partial charge in [-0.25, -0.2) is 9.97 Å². The fourth-order valence-corrected chi connectivity index (χ4v) is 2.29. The minimum Gasteiger partial charge on any atom is -0.497 e. The Kier molecular flexibility index (Phi) is 4.89. The first-order valence-corrected chi connectivity index (χ1v) is 7.76. The Labute approximate surface area is 145 Å². The summed E-state index contributed by atoms with van der Waals surface area (Å²) in [6.07, 6.45) is 1.55. The molecule has 0 unspecified atom stereocenters. The summed E-state index contributed by atoms with van der Waals surface area (Å²) in [7, 11) is 1.58. The molecule has 0 aliphatic carbocycles. The second-order valence-corrected chi connectivity index (χ2v) is 5.45. The van der Waals surface area contributed by atoms with Crippen LogP contribution in [-0.2, 0) is 0 Å². The first-order chi connectivity index (χ1) is 12.1. The number of aromatic nitrogens is 2. The Balaban J connectivity index is 1.75. The van der Waals surface area contributed by atoms with Gasteiger partial charge in [0.1, 0.15) is 11.4 Å². The van der Waals surface area contributed by atoms with Crippen LogP contribution in [0.2, 0.25) is 0 Å². The maximum atomic E-state index is 12.4. The number of hydrogen-bond donors (Lipinski definition) is 2. The Morgan fingerprint density at radius 2 is 1.84 bits per heavy atom. The largest absolute Gasteiger partial charge is 0.497 e. The van der Waals surface area contributed by atoms with Gasteiger partial charge in [0, 0.05) is 23.6 Å². The molecule has 2 aromatic carbocycles. The molecule has 2 N–H and O–H groups in total. The van der Waals surface area contributed by atoms with E-state index in [0.29, 0.717) is 17.4 Å². The van der Waals surface area contributed by atoms with E-state index in [1.807, 2.05) is 37.3 Å². The van der Waals surface area contributed by atoms with Crippen molar-refractivity contribution in [3.8, 4) is 5.75 Å². The van der Waals surface area contributed by atoms with Gasteiger partial charge in [-0.1, -0.05) is 18.2 Å². The highest BCUT2D eigenvalue weighted by Gasteiger charge is 2.10. The number of anilines is 3. The van der Waals surface area contributed by atoms with E-state index >= 15 is 0 Å². The van der Waals surface area contributed by atoms with Crippen molar-refractivity contribution < 1.29 is 9.53 Å². The fourth-order valence-electron chi connectivity index (χ4n) is 2.29. The molecule has 6 heteroatoms. The zero-order valence-electron chi connectivity index (χ0n) is 14.0.